The summed E-state index contributed by atoms with van der Waals surface area (Å²) in [5.41, 5.74) is 2.62. The Labute approximate surface area is 70.0 Å². The molecule has 1 aromatic rings. The monoisotopic (exact) mass is 157 g/mol. The van der Waals surface area contributed by atoms with Crippen LogP contribution in [-0.2, 0) is 0 Å². The van der Waals surface area contributed by atoms with Crippen LogP contribution in [0.1, 0.15) is 0 Å². The molecule has 0 aromatic heterocycles. The smallest absolute Gasteiger partial charge is 0.158 e. The SMILES string of the molecule is C1=CN2c3ccccc3N3C1N23. The fourth-order valence-corrected chi connectivity index (χ4v) is 2.09. The number of fused-ring (bicyclic) bond motifs is 4. The van der Waals surface area contributed by atoms with Gasteiger partial charge < -0.3 is 0 Å². The van der Waals surface area contributed by atoms with Crippen molar-refractivity contribution >= 4 is 11.4 Å². The zero-order valence-electron chi connectivity index (χ0n) is 6.38. The highest BCUT2D eigenvalue weighted by Crippen LogP contribution is 2.52. The summed E-state index contributed by atoms with van der Waals surface area (Å²) >= 11 is 0. The molecule has 0 radical (unpaired) electrons. The normalized spacial score (nSPS) is 32.3. The molecular formula is C9H7N3. The molecule has 3 aliphatic heterocycles. The van der Waals surface area contributed by atoms with Gasteiger partial charge in [-0.2, -0.15) is 0 Å². The highest BCUT2D eigenvalue weighted by Gasteiger charge is 2.57. The standard InChI is InChI=1S/C9H7N3/c1-2-4-8-7(3-1)10-6-5-9-11(8)12(9)10/h1-6,9H. The first-order valence-electron chi connectivity index (χ1n) is 4.12. The second kappa shape index (κ2) is 1.36. The van der Waals surface area contributed by atoms with Gasteiger partial charge in [0.1, 0.15) is 0 Å². The molecule has 1 saturated heterocycles. The lowest BCUT2D eigenvalue weighted by Crippen LogP contribution is -2.18. The number of para-hydroxylation sites is 2. The van der Waals surface area contributed by atoms with Gasteiger partial charge in [0.25, 0.3) is 0 Å². The van der Waals surface area contributed by atoms with E-state index in [0.29, 0.717) is 6.17 Å². The van der Waals surface area contributed by atoms with Crippen molar-refractivity contribution in [2.24, 2.45) is 0 Å². The van der Waals surface area contributed by atoms with Gasteiger partial charge in [-0.1, -0.05) is 17.3 Å². The van der Waals surface area contributed by atoms with Gasteiger partial charge in [0, 0.05) is 6.20 Å². The van der Waals surface area contributed by atoms with E-state index in [4.69, 9.17) is 0 Å². The number of benzene rings is 1. The molecule has 3 heterocycles. The molecule has 1 aromatic carbocycles. The van der Waals surface area contributed by atoms with E-state index in [-0.39, 0.29) is 0 Å². The minimum atomic E-state index is 0.514. The predicted molar refractivity (Wildman–Crippen MR) is 46.2 cm³/mol. The van der Waals surface area contributed by atoms with Crippen molar-refractivity contribution in [1.82, 2.24) is 5.12 Å². The first kappa shape index (κ1) is 5.22. The minimum Gasteiger partial charge on any atom is -0.259 e. The maximum absolute atomic E-state index is 2.29. The summed E-state index contributed by atoms with van der Waals surface area (Å²) in [6, 6.07) is 8.47. The second-order valence-electron chi connectivity index (χ2n) is 3.25. The van der Waals surface area contributed by atoms with Crippen LogP contribution < -0.4 is 10.0 Å². The van der Waals surface area contributed by atoms with Crippen molar-refractivity contribution in [3.05, 3.63) is 36.5 Å². The highest BCUT2D eigenvalue weighted by molar-refractivity contribution is 5.82. The predicted octanol–water partition coefficient (Wildman–Crippen LogP) is 1.31. The Balaban J connectivity index is 2.05. The fraction of sp³-hybridized carbons (Fsp3) is 0.111. The second-order valence-corrected chi connectivity index (χ2v) is 3.25. The number of anilines is 2. The van der Waals surface area contributed by atoms with Gasteiger partial charge >= 0.3 is 0 Å². The molecule has 2 atom stereocenters. The third-order valence-corrected chi connectivity index (χ3v) is 2.65. The van der Waals surface area contributed by atoms with Crippen LogP contribution in [0, 0.1) is 0 Å². The zero-order valence-corrected chi connectivity index (χ0v) is 6.38. The largest absolute Gasteiger partial charge is 0.259 e. The molecular weight excluding hydrogens is 150 g/mol. The van der Waals surface area contributed by atoms with E-state index in [1.807, 2.05) is 0 Å². The Morgan fingerprint density at radius 3 is 2.83 bits per heavy atom. The highest BCUT2D eigenvalue weighted by atomic mass is 16.1. The Kier molecular flexibility index (Phi) is 0.592. The van der Waals surface area contributed by atoms with Crippen LogP contribution in [0.4, 0.5) is 11.4 Å². The Morgan fingerprint density at radius 2 is 1.92 bits per heavy atom. The third kappa shape index (κ3) is 0.361. The van der Waals surface area contributed by atoms with Gasteiger partial charge in [-0.05, 0) is 18.2 Å². The van der Waals surface area contributed by atoms with E-state index >= 15 is 0 Å². The average Bonchev–Trinajstić information content (AvgIpc) is 2.57. The van der Waals surface area contributed by atoms with Crippen molar-refractivity contribution in [3.8, 4) is 0 Å². The van der Waals surface area contributed by atoms with Crippen molar-refractivity contribution in [2.45, 2.75) is 6.17 Å². The molecule has 58 valence electrons. The molecule has 3 heteroatoms. The van der Waals surface area contributed by atoms with Crippen molar-refractivity contribution in [2.75, 3.05) is 10.0 Å². The molecule has 0 saturated carbocycles. The molecule has 3 nitrogen and oxygen atoms in total. The third-order valence-electron chi connectivity index (χ3n) is 2.65. The lowest BCUT2D eigenvalue weighted by Gasteiger charge is -2.10. The number of rotatable bonds is 0. The number of hydrogen-bond acceptors (Lipinski definition) is 3. The van der Waals surface area contributed by atoms with Gasteiger partial charge in [0.15, 0.2) is 6.17 Å². The van der Waals surface area contributed by atoms with Gasteiger partial charge in [0.05, 0.1) is 11.4 Å². The van der Waals surface area contributed by atoms with E-state index in [1.165, 1.54) is 11.4 Å². The van der Waals surface area contributed by atoms with Gasteiger partial charge in [-0.25, -0.2) is 0 Å². The van der Waals surface area contributed by atoms with Crippen LogP contribution in [0.2, 0.25) is 0 Å². The summed E-state index contributed by atoms with van der Waals surface area (Å²) in [5, 5.41) is 6.72. The fourth-order valence-electron chi connectivity index (χ4n) is 2.09. The van der Waals surface area contributed by atoms with Gasteiger partial charge in [0.2, 0.25) is 0 Å². The van der Waals surface area contributed by atoms with E-state index < -0.39 is 0 Å². The summed E-state index contributed by atoms with van der Waals surface area (Å²) in [6.07, 6.45) is 4.85. The van der Waals surface area contributed by atoms with Crippen LogP contribution in [-0.4, -0.2) is 11.3 Å². The van der Waals surface area contributed by atoms with E-state index in [2.05, 4.69) is 51.7 Å². The molecule has 0 amide bonds. The first-order valence-corrected chi connectivity index (χ1v) is 4.12. The summed E-state index contributed by atoms with van der Waals surface area (Å²) in [7, 11) is 0. The van der Waals surface area contributed by atoms with Crippen molar-refractivity contribution in [1.29, 1.82) is 0 Å². The molecule has 2 unspecified atom stereocenters. The molecule has 12 heavy (non-hydrogen) atoms. The lowest BCUT2D eigenvalue weighted by molar-refractivity contribution is 0.570. The van der Waals surface area contributed by atoms with Crippen molar-refractivity contribution in [3.63, 3.8) is 0 Å². The Bertz CT molecular complexity index is 399. The maximum Gasteiger partial charge on any atom is 0.158 e. The molecule has 0 aliphatic carbocycles. The molecule has 0 bridgehead atoms. The van der Waals surface area contributed by atoms with Gasteiger partial charge in [-0.15, -0.1) is 0 Å². The van der Waals surface area contributed by atoms with Crippen LogP contribution in [0.3, 0.4) is 0 Å². The van der Waals surface area contributed by atoms with E-state index in [0.717, 1.165) is 0 Å². The first-order chi connectivity index (χ1) is 5.97. The van der Waals surface area contributed by atoms with E-state index in [9.17, 15) is 0 Å². The number of hydrazine groups is 2. The summed E-state index contributed by atoms with van der Waals surface area (Å²) in [6.45, 7) is 0. The number of nitrogens with zero attached hydrogens (tertiary/aromatic N) is 3. The van der Waals surface area contributed by atoms with Crippen LogP contribution >= 0.6 is 0 Å². The average molecular weight is 157 g/mol. The maximum atomic E-state index is 2.29. The molecule has 4 rings (SSSR count). The zero-order chi connectivity index (χ0) is 7.71. The summed E-state index contributed by atoms with van der Waals surface area (Å²) < 4.78 is 0. The van der Waals surface area contributed by atoms with Crippen LogP contribution in [0.25, 0.3) is 0 Å². The van der Waals surface area contributed by atoms with Crippen LogP contribution in [0.15, 0.2) is 36.5 Å². The molecule has 3 aliphatic rings. The van der Waals surface area contributed by atoms with Crippen molar-refractivity contribution < 1.29 is 0 Å². The summed E-state index contributed by atoms with van der Waals surface area (Å²) in [5.74, 6) is 0. The van der Waals surface area contributed by atoms with Gasteiger partial charge in [-0.3, -0.25) is 10.0 Å². The Hall–Kier alpha value is -1.48. The lowest BCUT2D eigenvalue weighted by atomic mass is 10.2. The minimum absolute atomic E-state index is 0.514. The number of hydrogen-bond donors (Lipinski definition) is 0. The molecule has 0 spiro atoms. The molecule has 1 fully saturated rings. The molecule has 0 N–H and O–H groups in total. The van der Waals surface area contributed by atoms with E-state index in [1.54, 1.807) is 0 Å². The van der Waals surface area contributed by atoms with Crippen LogP contribution in [0.5, 0.6) is 0 Å². The quantitative estimate of drug-likeness (QED) is 0.525. The topological polar surface area (TPSA) is 9.26 Å². The summed E-state index contributed by atoms with van der Waals surface area (Å²) in [4.78, 5) is 0. The Morgan fingerprint density at radius 1 is 1.08 bits per heavy atom.